The second kappa shape index (κ2) is 4.34. The monoisotopic (exact) mass is 164 g/mol. The molecule has 7 heavy (non-hydrogen) atoms. The molecule has 0 bridgehead atoms. The smallest absolute Gasteiger partial charge is 0.0678 e. The van der Waals surface area contributed by atoms with E-state index in [1.807, 2.05) is 0 Å². The van der Waals surface area contributed by atoms with Crippen molar-refractivity contribution in [2.24, 2.45) is 0 Å². The fraction of sp³-hybridized carbons (Fsp3) is 0.600. The van der Waals surface area contributed by atoms with Crippen LogP contribution < -0.4 is 0 Å². The molecule has 0 aliphatic rings. The van der Waals surface area contributed by atoms with Gasteiger partial charge in [0.1, 0.15) is 0 Å². The Kier molecular flexibility index (Phi) is 4.45. The lowest BCUT2D eigenvalue weighted by molar-refractivity contribution is 0.227. The van der Waals surface area contributed by atoms with Crippen LogP contribution in [0.4, 0.5) is 0 Å². The van der Waals surface area contributed by atoms with Gasteiger partial charge in [-0.05, 0) is 5.57 Å². The molecule has 0 aromatic heterocycles. The Morgan fingerprint density at radius 3 is 2.57 bits per heavy atom. The van der Waals surface area contributed by atoms with Crippen LogP contribution in [-0.2, 0) is 4.74 Å². The summed E-state index contributed by atoms with van der Waals surface area (Å²) in [6.07, 6.45) is 0. The van der Waals surface area contributed by atoms with Gasteiger partial charge in [0.15, 0.2) is 0 Å². The fourth-order valence-corrected chi connectivity index (χ4v) is 0.405. The maximum atomic E-state index is 4.76. The van der Waals surface area contributed by atoms with E-state index >= 15 is 0 Å². The second-order valence-corrected chi connectivity index (χ2v) is 1.88. The van der Waals surface area contributed by atoms with Crippen LogP contribution in [0.25, 0.3) is 0 Å². The Balaban J connectivity index is 3.00. The quantitative estimate of drug-likeness (QED) is 0.455. The van der Waals surface area contributed by atoms with Crippen molar-refractivity contribution in [1.29, 1.82) is 0 Å². The molecule has 42 valence electrons. The first kappa shape index (κ1) is 7.18. The Bertz CT molecular complexity index is 61.1. The third-order valence-corrected chi connectivity index (χ3v) is 1.33. The lowest BCUT2D eigenvalue weighted by atomic mass is 10.4. The molecule has 0 aliphatic carbocycles. The lowest BCUT2D eigenvalue weighted by Gasteiger charge is -1.94. The van der Waals surface area contributed by atoms with Gasteiger partial charge in [-0.25, -0.2) is 0 Å². The second-order valence-electron chi connectivity index (χ2n) is 1.32. The van der Waals surface area contributed by atoms with Gasteiger partial charge in [0, 0.05) is 12.4 Å². The first-order valence-corrected chi connectivity index (χ1v) is 3.15. The van der Waals surface area contributed by atoms with Crippen LogP contribution in [0, 0.1) is 0 Å². The van der Waals surface area contributed by atoms with E-state index in [2.05, 4.69) is 22.5 Å². The van der Waals surface area contributed by atoms with Crippen molar-refractivity contribution >= 4 is 15.9 Å². The van der Waals surface area contributed by atoms with Crippen LogP contribution in [0.2, 0.25) is 0 Å². The zero-order valence-electron chi connectivity index (χ0n) is 4.41. The van der Waals surface area contributed by atoms with E-state index in [1.54, 1.807) is 7.11 Å². The van der Waals surface area contributed by atoms with Crippen LogP contribution in [0.5, 0.6) is 0 Å². The summed E-state index contributed by atoms with van der Waals surface area (Å²) in [6, 6.07) is 0. The largest absolute Gasteiger partial charge is 0.380 e. The normalized spacial score (nSPS) is 8.86. The Morgan fingerprint density at radius 2 is 2.43 bits per heavy atom. The molecule has 1 nitrogen and oxygen atoms in total. The van der Waals surface area contributed by atoms with Gasteiger partial charge in [-0.3, -0.25) is 0 Å². The van der Waals surface area contributed by atoms with Crippen molar-refractivity contribution < 1.29 is 4.74 Å². The minimum atomic E-state index is 0.658. The first-order chi connectivity index (χ1) is 3.31. The SMILES string of the molecule is C=C(CBr)COC. The Morgan fingerprint density at radius 1 is 1.86 bits per heavy atom. The zero-order valence-corrected chi connectivity index (χ0v) is 5.99. The molecule has 0 amide bonds. The number of halogens is 1. The summed E-state index contributed by atoms with van der Waals surface area (Å²) < 4.78 is 4.76. The summed E-state index contributed by atoms with van der Waals surface area (Å²) in [5.41, 5.74) is 1.07. The van der Waals surface area contributed by atoms with Crippen molar-refractivity contribution in [3.8, 4) is 0 Å². The number of alkyl halides is 1. The molecular formula is C5H9BrO. The van der Waals surface area contributed by atoms with Gasteiger partial charge in [-0.2, -0.15) is 0 Å². The number of methoxy groups -OCH3 is 1. The molecule has 0 saturated carbocycles. The summed E-state index contributed by atoms with van der Waals surface area (Å²) in [5, 5.41) is 0.834. The highest BCUT2D eigenvalue weighted by atomic mass is 79.9. The van der Waals surface area contributed by atoms with E-state index in [9.17, 15) is 0 Å². The molecular weight excluding hydrogens is 156 g/mol. The van der Waals surface area contributed by atoms with Gasteiger partial charge < -0.3 is 4.74 Å². The predicted molar refractivity (Wildman–Crippen MR) is 34.8 cm³/mol. The number of rotatable bonds is 3. The predicted octanol–water partition coefficient (Wildman–Crippen LogP) is 1.58. The highest BCUT2D eigenvalue weighted by molar-refractivity contribution is 9.09. The van der Waals surface area contributed by atoms with Crippen molar-refractivity contribution in [2.45, 2.75) is 0 Å². The maximum Gasteiger partial charge on any atom is 0.0678 e. The van der Waals surface area contributed by atoms with Crippen LogP contribution in [0.15, 0.2) is 12.2 Å². The van der Waals surface area contributed by atoms with E-state index in [-0.39, 0.29) is 0 Å². The molecule has 0 aromatic carbocycles. The van der Waals surface area contributed by atoms with E-state index < -0.39 is 0 Å². The van der Waals surface area contributed by atoms with E-state index in [0.29, 0.717) is 6.61 Å². The van der Waals surface area contributed by atoms with E-state index in [0.717, 1.165) is 10.9 Å². The van der Waals surface area contributed by atoms with Gasteiger partial charge in [0.25, 0.3) is 0 Å². The van der Waals surface area contributed by atoms with Gasteiger partial charge in [0.05, 0.1) is 6.61 Å². The van der Waals surface area contributed by atoms with Crippen LogP contribution in [0.1, 0.15) is 0 Å². The average Bonchev–Trinajstić information content (AvgIpc) is 1.68. The fourth-order valence-electron chi connectivity index (χ4n) is 0.243. The zero-order chi connectivity index (χ0) is 5.70. The van der Waals surface area contributed by atoms with Gasteiger partial charge >= 0.3 is 0 Å². The first-order valence-electron chi connectivity index (χ1n) is 2.02. The van der Waals surface area contributed by atoms with Gasteiger partial charge in [-0.1, -0.05) is 22.5 Å². The molecule has 0 heterocycles. The molecule has 0 N–H and O–H groups in total. The standard InChI is InChI=1S/C5H9BrO/c1-5(3-6)4-7-2/h1,3-4H2,2H3. The topological polar surface area (TPSA) is 9.23 Å². The highest BCUT2D eigenvalue weighted by Crippen LogP contribution is 1.94. The molecule has 0 fully saturated rings. The van der Waals surface area contributed by atoms with Crippen molar-refractivity contribution in [3.05, 3.63) is 12.2 Å². The molecule has 0 aliphatic heterocycles. The summed E-state index contributed by atoms with van der Waals surface area (Å²) in [5.74, 6) is 0. The average molecular weight is 165 g/mol. The summed E-state index contributed by atoms with van der Waals surface area (Å²) in [4.78, 5) is 0. The van der Waals surface area contributed by atoms with Crippen LogP contribution in [0.3, 0.4) is 0 Å². The minimum Gasteiger partial charge on any atom is -0.380 e. The number of hydrogen-bond donors (Lipinski definition) is 0. The molecule has 0 saturated heterocycles. The highest BCUT2D eigenvalue weighted by Gasteiger charge is 1.84. The Hall–Kier alpha value is 0.180. The molecule has 0 rings (SSSR count). The van der Waals surface area contributed by atoms with Gasteiger partial charge in [0.2, 0.25) is 0 Å². The van der Waals surface area contributed by atoms with E-state index in [4.69, 9.17) is 4.74 Å². The lowest BCUT2D eigenvalue weighted by Crippen LogP contribution is -1.91. The third-order valence-electron chi connectivity index (χ3n) is 0.537. The van der Waals surface area contributed by atoms with Crippen LogP contribution in [-0.4, -0.2) is 19.0 Å². The van der Waals surface area contributed by atoms with Crippen molar-refractivity contribution in [2.75, 3.05) is 19.0 Å². The van der Waals surface area contributed by atoms with Crippen LogP contribution >= 0.6 is 15.9 Å². The molecule has 0 atom stereocenters. The maximum absolute atomic E-state index is 4.76. The number of hydrogen-bond acceptors (Lipinski definition) is 1. The van der Waals surface area contributed by atoms with E-state index in [1.165, 1.54) is 0 Å². The third kappa shape index (κ3) is 4.02. The molecule has 0 radical (unpaired) electrons. The molecule has 0 spiro atoms. The summed E-state index contributed by atoms with van der Waals surface area (Å²) in [7, 11) is 1.66. The van der Waals surface area contributed by atoms with Crippen molar-refractivity contribution in [1.82, 2.24) is 0 Å². The van der Waals surface area contributed by atoms with Gasteiger partial charge in [-0.15, -0.1) is 0 Å². The van der Waals surface area contributed by atoms with Crippen molar-refractivity contribution in [3.63, 3.8) is 0 Å². The summed E-state index contributed by atoms with van der Waals surface area (Å²) in [6.45, 7) is 4.35. The molecule has 0 aromatic rings. The molecule has 0 unspecified atom stereocenters. The summed E-state index contributed by atoms with van der Waals surface area (Å²) >= 11 is 3.24. The number of ether oxygens (including phenoxy) is 1. The molecule has 2 heteroatoms. The Labute approximate surface area is 52.5 Å². The minimum absolute atomic E-state index is 0.658.